The molecule has 128 valence electrons. The van der Waals surface area contributed by atoms with Crippen LogP contribution in [0.2, 0.25) is 0 Å². The van der Waals surface area contributed by atoms with Crippen molar-refractivity contribution in [2.24, 2.45) is 0 Å². The van der Waals surface area contributed by atoms with E-state index >= 15 is 0 Å². The van der Waals surface area contributed by atoms with Gasteiger partial charge in [-0.15, -0.1) is 0 Å². The van der Waals surface area contributed by atoms with E-state index in [1.54, 1.807) is 37.3 Å². The fourth-order valence-corrected chi connectivity index (χ4v) is 2.40. The molecule has 6 heteroatoms. The van der Waals surface area contributed by atoms with E-state index in [9.17, 15) is 9.18 Å². The number of hydrogen-bond acceptors (Lipinski definition) is 4. The number of nitrogens with zero attached hydrogens (tertiary/aromatic N) is 1. The largest absolute Gasteiger partial charge is 0.488 e. The number of anilines is 1. The van der Waals surface area contributed by atoms with Gasteiger partial charge in [-0.05, 0) is 44.2 Å². The van der Waals surface area contributed by atoms with Gasteiger partial charge < -0.3 is 14.6 Å². The highest BCUT2D eigenvalue weighted by molar-refractivity contribution is 6.06. The predicted octanol–water partition coefficient (Wildman–Crippen LogP) is 4.26. The summed E-state index contributed by atoms with van der Waals surface area (Å²) in [6.45, 7) is 3.88. The molecule has 1 N–H and O–H groups in total. The van der Waals surface area contributed by atoms with Crippen molar-refractivity contribution in [1.82, 2.24) is 5.16 Å². The highest BCUT2D eigenvalue weighted by atomic mass is 19.1. The van der Waals surface area contributed by atoms with Gasteiger partial charge >= 0.3 is 0 Å². The van der Waals surface area contributed by atoms with E-state index in [2.05, 4.69) is 10.5 Å². The van der Waals surface area contributed by atoms with Crippen molar-refractivity contribution in [1.29, 1.82) is 0 Å². The Bertz CT molecular complexity index is 886. The average Bonchev–Trinajstić information content (AvgIpc) is 2.91. The molecule has 0 fully saturated rings. The van der Waals surface area contributed by atoms with Crippen molar-refractivity contribution in [3.05, 3.63) is 76.9 Å². The van der Waals surface area contributed by atoms with Crippen molar-refractivity contribution < 1.29 is 18.4 Å². The molecule has 1 aromatic heterocycles. The number of benzene rings is 2. The summed E-state index contributed by atoms with van der Waals surface area (Å²) in [5.41, 5.74) is 2.34. The summed E-state index contributed by atoms with van der Waals surface area (Å²) in [6.07, 6.45) is 0. The van der Waals surface area contributed by atoms with Gasteiger partial charge in [-0.25, -0.2) is 4.39 Å². The van der Waals surface area contributed by atoms with E-state index in [0.29, 0.717) is 22.8 Å². The van der Waals surface area contributed by atoms with Crippen LogP contribution in [-0.4, -0.2) is 11.1 Å². The number of halogens is 1. The van der Waals surface area contributed by atoms with Gasteiger partial charge in [-0.3, -0.25) is 4.79 Å². The highest BCUT2D eigenvalue weighted by Gasteiger charge is 2.15. The molecule has 1 heterocycles. The van der Waals surface area contributed by atoms with Crippen LogP contribution >= 0.6 is 0 Å². The summed E-state index contributed by atoms with van der Waals surface area (Å²) in [5.74, 6) is 0.316. The second-order valence-electron chi connectivity index (χ2n) is 5.55. The third-order valence-corrected chi connectivity index (χ3v) is 3.77. The van der Waals surface area contributed by atoms with Gasteiger partial charge in [0.2, 0.25) is 0 Å². The first-order valence-electron chi connectivity index (χ1n) is 7.75. The number of hydrogen-bond donors (Lipinski definition) is 1. The third-order valence-electron chi connectivity index (χ3n) is 3.77. The summed E-state index contributed by atoms with van der Waals surface area (Å²) < 4.78 is 24.2. The zero-order chi connectivity index (χ0) is 17.8. The lowest BCUT2D eigenvalue weighted by atomic mass is 10.1. The Morgan fingerprint density at radius 1 is 1.20 bits per heavy atom. The topological polar surface area (TPSA) is 64.4 Å². The van der Waals surface area contributed by atoms with Crippen molar-refractivity contribution in [2.75, 3.05) is 5.32 Å². The lowest BCUT2D eigenvalue weighted by Crippen LogP contribution is -2.14. The zero-order valence-electron chi connectivity index (χ0n) is 13.9. The van der Waals surface area contributed by atoms with Crippen molar-refractivity contribution in [2.45, 2.75) is 20.5 Å². The molecule has 0 radical (unpaired) electrons. The Balaban J connectivity index is 1.77. The van der Waals surface area contributed by atoms with Crippen LogP contribution in [0.3, 0.4) is 0 Å². The van der Waals surface area contributed by atoms with Crippen LogP contribution < -0.4 is 10.1 Å². The summed E-state index contributed by atoms with van der Waals surface area (Å²) in [4.78, 5) is 12.5. The molecule has 0 aliphatic carbocycles. The number of ether oxygens (including phenoxy) is 1. The molecule has 3 aromatic rings. The Morgan fingerprint density at radius 3 is 2.72 bits per heavy atom. The normalized spacial score (nSPS) is 10.5. The molecule has 0 aliphatic rings. The molecule has 0 atom stereocenters. The van der Waals surface area contributed by atoms with Crippen LogP contribution in [-0.2, 0) is 6.61 Å². The number of para-hydroxylation sites is 1. The molecule has 0 bridgehead atoms. The molecule has 5 nitrogen and oxygen atoms in total. The molecular weight excluding hydrogens is 323 g/mol. The van der Waals surface area contributed by atoms with Crippen LogP contribution in [0.1, 0.15) is 27.4 Å². The van der Waals surface area contributed by atoms with Crippen LogP contribution in [0.15, 0.2) is 53.1 Å². The van der Waals surface area contributed by atoms with Crippen LogP contribution in [0.4, 0.5) is 10.1 Å². The number of amides is 1. The van der Waals surface area contributed by atoms with E-state index in [-0.39, 0.29) is 12.5 Å². The molecule has 0 saturated heterocycles. The number of aromatic nitrogens is 1. The zero-order valence-corrected chi connectivity index (χ0v) is 13.9. The monoisotopic (exact) mass is 340 g/mol. The summed E-state index contributed by atoms with van der Waals surface area (Å²) >= 11 is 0. The average molecular weight is 340 g/mol. The van der Waals surface area contributed by atoms with E-state index < -0.39 is 5.82 Å². The Labute approximate surface area is 144 Å². The molecule has 25 heavy (non-hydrogen) atoms. The number of carbonyl (C=O) groups excluding carboxylic acids is 1. The van der Waals surface area contributed by atoms with Gasteiger partial charge in [0, 0.05) is 5.69 Å². The van der Waals surface area contributed by atoms with E-state index in [0.717, 1.165) is 11.3 Å². The van der Waals surface area contributed by atoms with Crippen molar-refractivity contribution >= 4 is 11.6 Å². The number of nitrogens with one attached hydrogen (secondary N) is 1. The van der Waals surface area contributed by atoms with Gasteiger partial charge in [0.1, 0.15) is 23.9 Å². The SMILES string of the molecule is Cc1noc(C)c1COc1ccccc1C(=O)Nc1cccc(F)c1. The molecule has 3 rings (SSSR count). The highest BCUT2D eigenvalue weighted by Crippen LogP contribution is 2.22. The molecule has 1 amide bonds. The van der Waals surface area contributed by atoms with Gasteiger partial charge in [-0.2, -0.15) is 0 Å². The van der Waals surface area contributed by atoms with E-state index in [4.69, 9.17) is 9.26 Å². The molecule has 2 aromatic carbocycles. The van der Waals surface area contributed by atoms with E-state index in [1.165, 1.54) is 18.2 Å². The second-order valence-corrected chi connectivity index (χ2v) is 5.55. The fraction of sp³-hybridized carbons (Fsp3) is 0.158. The minimum absolute atomic E-state index is 0.241. The van der Waals surface area contributed by atoms with Gasteiger partial charge in [-0.1, -0.05) is 23.4 Å². The van der Waals surface area contributed by atoms with Crippen LogP contribution in [0, 0.1) is 19.7 Å². The predicted molar refractivity (Wildman–Crippen MR) is 91.1 cm³/mol. The molecular formula is C19H17FN2O3. The number of aryl methyl sites for hydroxylation is 2. The quantitative estimate of drug-likeness (QED) is 0.754. The molecule has 0 unspecified atom stereocenters. The first-order chi connectivity index (χ1) is 12.0. The van der Waals surface area contributed by atoms with Crippen molar-refractivity contribution in [3.8, 4) is 5.75 Å². The van der Waals surface area contributed by atoms with E-state index in [1.807, 2.05) is 6.92 Å². The molecule has 0 spiro atoms. The first-order valence-corrected chi connectivity index (χ1v) is 7.75. The number of rotatable bonds is 5. The summed E-state index contributed by atoms with van der Waals surface area (Å²) in [5, 5.41) is 6.55. The number of carbonyl (C=O) groups is 1. The fourth-order valence-electron chi connectivity index (χ4n) is 2.40. The maximum absolute atomic E-state index is 13.3. The Hall–Kier alpha value is -3.15. The van der Waals surface area contributed by atoms with Gasteiger partial charge in [0.15, 0.2) is 0 Å². The van der Waals surface area contributed by atoms with Crippen LogP contribution in [0.25, 0.3) is 0 Å². The Kier molecular flexibility index (Phi) is 4.79. The molecule has 0 aliphatic heterocycles. The maximum atomic E-state index is 13.3. The lowest BCUT2D eigenvalue weighted by molar-refractivity contribution is 0.102. The third kappa shape index (κ3) is 3.85. The minimum atomic E-state index is -0.416. The summed E-state index contributed by atoms with van der Waals surface area (Å²) in [6, 6.07) is 12.6. The molecule has 0 saturated carbocycles. The first kappa shape index (κ1) is 16.7. The van der Waals surface area contributed by atoms with Gasteiger partial charge in [0.25, 0.3) is 5.91 Å². The lowest BCUT2D eigenvalue weighted by Gasteiger charge is -2.11. The van der Waals surface area contributed by atoms with Crippen molar-refractivity contribution in [3.63, 3.8) is 0 Å². The van der Waals surface area contributed by atoms with Crippen LogP contribution in [0.5, 0.6) is 5.75 Å². The second kappa shape index (κ2) is 7.17. The maximum Gasteiger partial charge on any atom is 0.259 e. The standard InChI is InChI=1S/C19H17FN2O3/c1-12-17(13(2)25-22-12)11-24-18-9-4-3-8-16(18)19(23)21-15-7-5-6-14(20)10-15/h3-10H,11H2,1-2H3,(H,21,23). The smallest absolute Gasteiger partial charge is 0.259 e. The Morgan fingerprint density at radius 2 is 2.00 bits per heavy atom. The van der Waals surface area contributed by atoms with Gasteiger partial charge in [0.05, 0.1) is 16.8 Å². The summed E-state index contributed by atoms with van der Waals surface area (Å²) in [7, 11) is 0. The minimum Gasteiger partial charge on any atom is -0.488 e.